The van der Waals surface area contributed by atoms with Gasteiger partial charge >= 0.3 is 0 Å². The monoisotopic (exact) mass is 295 g/mol. The van der Waals surface area contributed by atoms with Crippen LogP contribution in [0.2, 0.25) is 0 Å². The summed E-state index contributed by atoms with van der Waals surface area (Å²) in [6.07, 6.45) is 6.86. The molecule has 1 amide bonds. The van der Waals surface area contributed by atoms with Gasteiger partial charge in [0.15, 0.2) is 0 Å². The Bertz CT molecular complexity index is 420. The highest BCUT2D eigenvalue weighted by molar-refractivity contribution is 5.77. The second-order valence-corrected chi connectivity index (χ2v) is 8.31. The molecule has 1 aliphatic heterocycles. The fourth-order valence-electron chi connectivity index (χ4n) is 4.24. The minimum absolute atomic E-state index is 0.0922. The van der Waals surface area contributed by atoms with Crippen LogP contribution in [0.1, 0.15) is 65.7 Å². The first kappa shape index (κ1) is 15.3. The van der Waals surface area contributed by atoms with Gasteiger partial charge in [-0.15, -0.1) is 0 Å². The molecule has 1 spiro atoms. The standard InChI is InChI=1S/C17H29NO3/c1-15(2)11-18(12-17(21-15)8-4-5-9-17)14(19)10-16(3,20)13-6-7-13/h13,20H,4-12H2,1-3H3. The second kappa shape index (κ2) is 4.95. The number of nitrogens with zero attached hydrogens (tertiary/aromatic N) is 1. The molecule has 0 aromatic heterocycles. The number of carbonyl (C=O) groups is 1. The van der Waals surface area contributed by atoms with Crippen molar-refractivity contribution in [3.8, 4) is 0 Å². The van der Waals surface area contributed by atoms with Gasteiger partial charge in [0.1, 0.15) is 0 Å². The number of hydrogen-bond acceptors (Lipinski definition) is 3. The molecule has 1 N–H and O–H groups in total. The third-order valence-electron chi connectivity index (χ3n) is 5.38. The Labute approximate surface area is 127 Å². The number of morpholine rings is 1. The van der Waals surface area contributed by atoms with Crippen molar-refractivity contribution in [2.75, 3.05) is 13.1 Å². The smallest absolute Gasteiger partial charge is 0.225 e. The lowest BCUT2D eigenvalue weighted by molar-refractivity contribution is -0.200. The predicted molar refractivity (Wildman–Crippen MR) is 80.9 cm³/mol. The maximum absolute atomic E-state index is 12.7. The van der Waals surface area contributed by atoms with E-state index in [1.807, 2.05) is 11.8 Å². The molecular formula is C17H29NO3. The first-order valence-corrected chi connectivity index (χ1v) is 8.42. The van der Waals surface area contributed by atoms with Gasteiger partial charge in [0.25, 0.3) is 0 Å². The summed E-state index contributed by atoms with van der Waals surface area (Å²) < 4.78 is 6.34. The zero-order valence-corrected chi connectivity index (χ0v) is 13.7. The molecule has 3 rings (SSSR count). The summed E-state index contributed by atoms with van der Waals surface area (Å²) in [6.45, 7) is 7.31. The number of carbonyl (C=O) groups excluding carboxylic acids is 1. The highest BCUT2D eigenvalue weighted by atomic mass is 16.5. The van der Waals surface area contributed by atoms with Crippen molar-refractivity contribution in [1.29, 1.82) is 0 Å². The van der Waals surface area contributed by atoms with Crippen LogP contribution in [-0.2, 0) is 9.53 Å². The molecule has 3 fully saturated rings. The molecule has 1 heterocycles. The molecular weight excluding hydrogens is 266 g/mol. The van der Waals surface area contributed by atoms with Crippen molar-refractivity contribution in [2.24, 2.45) is 5.92 Å². The van der Waals surface area contributed by atoms with E-state index < -0.39 is 5.60 Å². The number of amides is 1. The van der Waals surface area contributed by atoms with E-state index in [0.717, 1.165) is 25.7 Å². The van der Waals surface area contributed by atoms with Crippen LogP contribution in [-0.4, -0.2) is 45.8 Å². The van der Waals surface area contributed by atoms with Crippen molar-refractivity contribution in [3.05, 3.63) is 0 Å². The van der Waals surface area contributed by atoms with Crippen LogP contribution in [0, 0.1) is 5.92 Å². The fraction of sp³-hybridized carbons (Fsp3) is 0.941. The van der Waals surface area contributed by atoms with Gasteiger partial charge in [-0.05, 0) is 52.4 Å². The average Bonchev–Trinajstić information content (AvgIpc) is 3.12. The molecule has 0 aromatic carbocycles. The number of hydrogen-bond donors (Lipinski definition) is 1. The summed E-state index contributed by atoms with van der Waals surface area (Å²) in [5.41, 5.74) is -1.26. The molecule has 2 aliphatic carbocycles. The molecule has 1 atom stereocenters. The molecule has 3 aliphatic rings. The third kappa shape index (κ3) is 3.26. The van der Waals surface area contributed by atoms with Crippen molar-refractivity contribution >= 4 is 5.91 Å². The van der Waals surface area contributed by atoms with Gasteiger partial charge in [-0.3, -0.25) is 4.79 Å². The van der Waals surface area contributed by atoms with E-state index in [2.05, 4.69) is 13.8 Å². The molecule has 1 saturated heterocycles. The Morgan fingerprint density at radius 1 is 1.29 bits per heavy atom. The van der Waals surface area contributed by atoms with E-state index in [0.29, 0.717) is 19.0 Å². The number of ether oxygens (including phenoxy) is 1. The summed E-state index contributed by atoms with van der Waals surface area (Å²) in [7, 11) is 0. The fourth-order valence-corrected chi connectivity index (χ4v) is 4.24. The van der Waals surface area contributed by atoms with Crippen LogP contribution in [0.4, 0.5) is 0 Å². The van der Waals surface area contributed by atoms with E-state index in [9.17, 15) is 9.90 Å². The Balaban J connectivity index is 1.69. The zero-order valence-electron chi connectivity index (χ0n) is 13.7. The highest BCUT2D eigenvalue weighted by Crippen LogP contribution is 2.43. The quantitative estimate of drug-likeness (QED) is 0.870. The molecule has 0 bridgehead atoms. The van der Waals surface area contributed by atoms with Crippen molar-refractivity contribution in [2.45, 2.75) is 82.5 Å². The van der Waals surface area contributed by atoms with Gasteiger partial charge in [-0.2, -0.15) is 0 Å². The average molecular weight is 295 g/mol. The van der Waals surface area contributed by atoms with Gasteiger partial charge in [-0.25, -0.2) is 0 Å². The molecule has 2 saturated carbocycles. The summed E-state index contributed by atoms with van der Waals surface area (Å²) in [5, 5.41) is 10.5. The highest BCUT2D eigenvalue weighted by Gasteiger charge is 2.48. The zero-order chi connectivity index (χ0) is 15.3. The van der Waals surface area contributed by atoms with E-state index >= 15 is 0 Å². The van der Waals surface area contributed by atoms with Crippen LogP contribution in [0.25, 0.3) is 0 Å². The maximum atomic E-state index is 12.7. The lowest BCUT2D eigenvalue weighted by atomic mass is 9.91. The second-order valence-electron chi connectivity index (χ2n) is 8.31. The van der Waals surface area contributed by atoms with Gasteiger partial charge in [0.05, 0.1) is 23.2 Å². The summed E-state index contributed by atoms with van der Waals surface area (Å²) in [6, 6.07) is 0. The van der Waals surface area contributed by atoms with E-state index in [-0.39, 0.29) is 23.5 Å². The number of rotatable bonds is 3. The van der Waals surface area contributed by atoms with Crippen LogP contribution >= 0.6 is 0 Å². The predicted octanol–water partition coefficient (Wildman–Crippen LogP) is 2.49. The largest absolute Gasteiger partial charge is 0.389 e. The topological polar surface area (TPSA) is 49.8 Å². The van der Waals surface area contributed by atoms with Crippen molar-refractivity contribution in [3.63, 3.8) is 0 Å². The summed E-state index contributed by atoms with van der Waals surface area (Å²) in [4.78, 5) is 14.6. The molecule has 1 unspecified atom stereocenters. The van der Waals surface area contributed by atoms with Crippen LogP contribution in [0.15, 0.2) is 0 Å². The Morgan fingerprint density at radius 3 is 2.48 bits per heavy atom. The van der Waals surface area contributed by atoms with E-state index in [4.69, 9.17) is 4.74 Å². The first-order valence-electron chi connectivity index (χ1n) is 8.42. The van der Waals surface area contributed by atoms with E-state index in [1.165, 1.54) is 12.8 Å². The van der Waals surface area contributed by atoms with Crippen LogP contribution in [0.5, 0.6) is 0 Å². The first-order chi connectivity index (χ1) is 9.72. The normalized spacial score (nSPS) is 30.4. The summed E-state index contributed by atoms with van der Waals surface area (Å²) >= 11 is 0. The van der Waals surface area contributed by atoms with Crippen molar-refractivity contribution in [1.82, 2.24) is 4.90 Å². The van der Waals surface area contributed by atoms with Crippen LogP contribution in [0.3, 0.4) is 0 Å². The number of aliphatic hydroxyl groups is 1. The molecule has 0 aromatic rings. The molecule has 4 heteroatoms. The third-order valence-corrected chi connectivity index (χ3v) is 5.38. The minimum Gasteiger partial charge on any atom is -0.389 e. The van der Waals surface area contributed by atoms with Crippen molar-refractivity contribution < 1.29 is 14.6 Å². The maximum Gasteiger partial charge on any atom is 0.225 e. The SMILES string of the molecule is CC1(C)CN(C(=O)CC(C)(O)C2CC2)CC2(CCCC2)O1. The lowest BCUT2D eigenvalue weighted by Crippen LogP contribution is -2.60. The molecule has 0 radical (unpaired) electrons. The van der Waals surface area contributed by atoms with Gasteiger partial charge in [0, 0.05) is 13.1 Å². The van der Waals surface area contributed by atoms with E-state index in [1.54, 1.807) is 0 Å². The van der Waals surface area contributed by atoms with Crippen LogP contribution < -0.4 is 0 Å². The Kier molecular flexibility index (Phi) is 3.61. The summed E-state index contributed by atoms with van der Waals surface area (Å²) in [5.74, 6) is 0.408. The molecule has 4 nitrogen and oxygen atoms in total. The van der Waals surface area contributed by atoms with Gasteiger partial charge < -0.3 is 14.7 Å². The Morgan fingerprint density at radius 2 is 1.90 bits per heavy atom. The van der Waals surface area contributed by atoms with Gasteiger partial charge in [0.2, 0.25) is 5.91 Å². The minimum atomic E-state index is -0.831. The Hall–Kier alpha value is -0.610. The molecule has 21 heavy (non-hydrogen) atoms. The van der Waals surface area contributed by atoms with Gasteiger partial charge in [-0.1, -0.05) is 12.8 Å². The lowest BCUT2D eigenvalue weighted by Gasteiger charge is -2.49. The molecule has 120 valence electrons.